The van der Waals surface area contributed by atoms with Crippen molar-refractivity contribution in [2.45, 2.75) is 39.0 Å². The van der Waals surface area contributed by atoms with Gasteiger partial charge < -0.3 is 4.98 Å². The van der Waals surface area contributed by atoms with E-state index in [1.165, 1.54) is 40.7 Å². The average Bonchev–Trinajstić information content (AvgIpc) is 3.07. The molecule has 3 aromatic rings. The van der Waals surface area contributed by atoms with Crippen LogP contribution in [0.5, 0.6) is 0 Å². The lowest BCUT2D eigenvalue weighted by Gasteiger charge is -1.97. The zero-order chi connectivity index (χ0) is 16.5. The summed E-state index contributed by atoms with van der Waals surface area (Å²) in [6.07, 6.45) is 9.68. The van der Waals surface area contributed by atoms with Crippen LogP contribution in [0.25, 0.3) is 10.9 Å². The molecular weight excluding hydrogens is 314 g/mol. The maximum Gasteiger partial charge on any atom is 0.134 e. The fraction of sp³-hybridized carbons (Fsp3) is 0.300. The van der Waals surface area contributed by atoms with Crippen molar-refractivity contribution >= 4 is 33.5 Å². The molecule has 1 aliphatic carbocycles. The first-order chi connectivity index (χ1) is 11.8. The number of fused-ring (bicyclic) bond motifs is 2. The van der Waals surface area contributed by atoms with Gasteiger partial charge in [-0.1, -0.05) is 24.6 Å². The topological polar surface area (TPSA) is 51.9 Å². The van der Waals surface area contributed by atoms with Gasteiger partial charge in [-0.05, 0) is 43.7 Å². The van der Waals surface area contributed by atoms with E-state index in [-0.39, 0.29) is 0 Å². The number of hydrogen-bond donors (Lipinski definition) is 1. The second-order valence-electron chi connectivity index (χ2n) is 6.36. The van der Waals surface area contributed by atoms with Gasteiger partial charge in [0, 0.05) is 33.8 Å². The second-order valence-corrected chi connectivity index (χ2v) is 7.44. The summed E-state index contributed by atoms with van der Waals surface area (Å²) in [5.41, 5.74) is 5.50. The van der Waals surface area contributed by atoms with Crippen LogP contribution in [0.3, 0.4) is 0 Å². The zero-order valence-corrected chi connectivity index (χ0v) is 14.5. The number of H-pyrrole nitrogens is 1. The van der Waals surface area contributed by atoms with Gasteiger partial charge in [-0.2, -0.15) is 5.26 Å². The summed E-state index contributed by atoms with van der Waals surface area (Å²) >= 11 is 1.70. The molecule has 0 spiro atoms. The number of nitrogens with zero attached hydrogens (tertiary/aromatic N) is 2. The maximum absolute atomic E-state index is 9.60. The van der Waals surface area contributed by atoms with E-state index in [0.717, 1.165) is 34.5 Å². The second kappa shape index (κ2) is 6.26. The van der Waals surface area contributed by atoms with Crippen LogP contribution in [0.2, 0.25) is 0 Å². The Morgan fingerprint density at radius 1 is 1.25 bits per heavy atom. The third-order valence-corrected chi connectivity index (χ3v) is 5.99. The fourth-order valence-corrected chi connectivity index (χ4v) is 4.68. The molecule has 1 N–H and O–H groups in total. The van der Waals surface area contributed by atoms with Crippen molar-refractivity contribution in [3.8, 4) is 6.07 Å². The highest BCUT2D eigenvalue weighted by molar-refractivity contribution is 7.16. The number of nitriles is 1. The van der Waals surface area contributed by atoms with Crippen LogP contribution >= 0.6 is 11.3 Å². The predicted octanol–water partition coefficient (Wildman–Crippen LogP) is 5.43. The molecule has 0 atom stereocenters. The first-order valence-electron chi connectivity index (χ1n) is 8.43. The smallest absolute Gasteiger partial charge is 0.134 e. The third kappa shape index (κ3) is 2.55. The van der Waals surface area contributed by atoms with Crippen LogP contribution in [0.15, 0.2) is 29.4 Å². The van der Waals surface area contributed by atoms with Crippen LogP contribution in [0.1, 0.15) is 46.4 Å². The summed E-state index contributed by atoms with van der Waals surface area (Å²) in [5.74, 6) is 0. The van der Waals surface area contributed by atoms with Gasteiger partial charge in [0.1, 0.15) is 11.1 Å². The molecule has 24 heavy (non-hydrogen) atoms. The highest BCUT2D eigenvalue weighted by atomic mass is 32.1. The Kier molecular flexibility index (Phi) is 3.95. The van der Waals surface area contributed by atoms with Crippen molar-refractivity contribution in [3.05, 3.63) is 51.5 Å². The Balaban J connectivity index is 1.74. The fourth-order valence-electron chi connectivity index (χ4n) is 3.50. The standard InChI is InChI=1S/C20H19N3S/c1-13-6-5-8-15-14(11-22-19(13)15)12-23-20-17(10-21)16-7-3-2-4-9-18(16)24-20/h5-6,8,11-12,22H,2-4,7,9H2,1H3. The van der Waals surface area contributed by atoms with Gasteiger partial charge in [-0.3, -0.25) is 0 Å². The van der Waals surface area contributed by atoms with Crippen molar-refractivity contribution in [2.24, 2.45) is 4.99 Å². The highest BCUT2D eigenvalue weighted by Gasteiger charge is 2.19. The quantitative estimate of drug-likeness (QED) is 0.493. The van der Waals surface area contributed by atoms with Crippen molar-refractivity contribution in [3.63, 3.8) is 0 Å². The first-order valence-corrected chi connectivity index (χ1v) is 9.25. The van der Waals surface area contributed by atoms with Gasteiger partial charge in [-0.25, -0.2) is 4.99 Å². The molecule has 3 nitrogen and oxygen atoms in total. The molecule has 0 unspecified atom stereocenters. The summed E-state index contributed by atoms with van der Waals surface area (Å²) in [6.45, 7) is 2.10. The molecule has 0 saturated heterocycles. The number of aryl methyl sites for hydroxylation is 2. The molecule has 0 bridgehead atoms. The predicted molar refractivity (Wildman–Crippen MR) is 101 cm³/mol. The molecule has 4 heteroatoms. The van der Waals surface area contributed by atoms with Crippen molar-refractivity contribution < 1.29 is 0 Å². The molecule has 1 aromatic carbocycles. The van der Waals surface area contributed by atoms with Gasteiger partial charge in [0.25, 0.3) is 0 Å². The number of hydrogen-bond acceptors (Lipinski definition) is 3. The molecule has 1 aliphatic rings. The van der Waals surface area contributed by atoms with Gasteiger partial charge in [-0.15, -0.1) is 11.3 Å². The van der Waals surface area contributed by atoms with E-state index in [9.17, 15) is 5.26 Å². The van der Waals surface area contributed by atoms with Crippen LogP contribution in [-0.4, -0.2) is 11.2 Å². The van der Waals surface area contributed by atoms with E-state index in [0.29, 0.717) is 0 Å². The Morgan fingerprint density at radius 3 is 3.00 bits per heavy atom. The molecule has 0 radical (unpaired) electrons. The van der Waals surface area contributed by atoms with E-state index in [4.69, 9.17) is 0 Å². The Hall–Kier alpha value is -2.38. The minimum absolute atomic E-state index is 0.796. The molecule has 2 aromatic heterocycles. The summed E-state index contributed by atoms with van der Waals surface area (Å²) in [5, 5.41) is 11.6. The number of rotatable bonds is 2. The molecule has 4 rings (SSSR count). The van der Waals surface area contributed by atoms with E-state index < -0.39 is 0 Å². The van der Waals surface area contributed by atoms with Gasteiger partial charge in [0.05, 0.1) is 5.56 Å². The average molecular weight is 333 g/mol. The first kappa shape index (κ1) is 15.2. The SMILES string of the molecule is Cc1cccc2c(C=Nc3sc4c(c3C#N)CCCCC4)c[nH]c12. The van der Waals surface area contributed by atoms with E-state index in [2.05, 4.69) is 41.2 Å². The molecule has 0 saturated carbocycles. The Labute approximate surface area is 145 Å². The number of para-hydroxylation sites is 1. The van der Waals surface area contributed by atoms with Crippen LogP contribution in [0.4, 0.5) is 5.00 Å². The third-order valence-electron chi connectivity index (χ3n) is 4.79. The zero-order valence-electron chi connectivity index (χ0n) is 13.7. The summed E-state index contributed by atoms with van der Waals surface area (Å²) in [7, 11) is 0. The molecule has 0 aliphatic heterocycles. The molecule has 2 heterocycles. The van der Waals surface area contributed by atoms with E-state index >= 15 is 0 Å². The van der Waals surface area contributed by atoms with Crippen LogP contribution in [0, 0.1) is 18.3 Å². The summed E-state index contributed by atoms with van der Waals surface area (Å²) < 4.78 is 0. The van der Waals surface area contributed by atoms with Crippen molar-refractivity contribution in [2.75, 3.05) is 0 Å². The van der Waals surface area contributed by atoms with Gasteiger partial charge in [0.15, 0.2) is 0 Å². The van der Waals surface area contributed by atoms with Crippen LogP contribution < -0.4 is 0 Å². The number of nitrogens with one attached hydrogen (secondary N) is 1. The molecular formula is C20H19N3S. The minimum Gasteiger partial charge on any atom is -0.360 e. The summed E-state index contributed by atoms with van der Waals surface area (Å²) in [4.78, 5) is 9.38. The number of thiophene rings is 1. The van der Waals surface area contributed by atoms with Gasteiger partial charge in [0.2, 0.25) is 0 Å². The van der Waals surface area contributed by atoms with E-state index in [1.54, 1.807) is 11.3 Å². The van der Waals surface area contributed by atoms with E-state index in [1.807, 2.05) is 12.4 Å². The van der Waals surface area contributed by atoms with Crippen molar-refractivity contribution in [1.82, 2.24) is 4.98 Å². The highest BCUT2D eigenvalue weighted by Crippen LogP contribution is 2.38. The molecule has 0 fully saturated rings. The number of aliphatic imine (C=N–C) groups is 1. The molecule has 0 amide bonds. The lowest BCUT2D eigenvalue weighted by Crippen LogP contribution is -1.87. The largest absolute Gasteiger partial charge is 0.360 e. The summed E-state index contributed by atoms with van der Waals surface area (Å²) in [6, 6.07) is 8.67. The van der Waals surface area contributed by atoms with Crippen molar-refractivity contribution in [1.29, 1.82) is 5.26 Å². The normalized spacial score (nSPS) is 14.7. The lowest BCUT2D eigenvalue weighted by atomic mass is 10.1. The maximum atomic E-state index is 9.60. The monoisotopic (exact) mass is 333 g/mol. The number of aromatic amines is 1. The lowest BCUT2D eigenvalue weighted by molar-refractivity contribution is 0.712. The van der Waals surface area contributed by atoms with Gasteiger partial charge >= 0.3 is 0 Å². The van der Waals surface area contributed by atoms with Crippen LogP contribution in [-0.2, 0) is 12.8 Å². The number of aromatic nitrogens is 1. The minimum atomic E-state index is 0.796. The molecule has 120 valence electrons. The Morgan fingerprint density at radius 2 is 2.12 bits per heavy atom. The number of benzene rings is 1. The Bertz CT molecular complexity index is 969.